The maximum Gasteiger partial charge on any atom is 0.280 e. The minimum Gasteiger partial charge on any atom is -0.470 e. The first-order valence-electron chi connectivity index (χ1n) is 11.1. The molecule has 1 amide bonds. The molecule has 8 heteroatoms. The van der Waals surface area contributed by atoms with E-state index in [1.165, 1.54) is 16.8 Å². The summed E-state index contributed by atoms with van der Waals surface area (Å²) < 4.78 is 33.8. The number of imidazole rings is 1. The van der Waals surface area contributed by atoms with Gasteiger partial charge < -0.3 is 9.64 Å². The van der Waals surface area contributed by atoms with Crippen LogP contribution in [0.5, 0.6) is 5.88 Å². The summed E-state index contributed by atoms with van der Waals surface area (Å²) in [4.78, 5) is 23.7. The third kappa shape index (κ3) is 3.71. The van der Waals surface area contributed by atoms with Crippen LogP contribution in [0.15, 0.2) is 42.9 Å². The predicted molar refractivity (Wildman–Crippen MR) is 118 cm³/mol. The second-order valence-corrected chi connectivity index (χ2v) is 8.81. The molecule has 1 aromatic carbocycles. The molecule has 0 radical (unpaired) electrons. The van der Waals surface area contributed by atoms with Crippen molar-refractivity contribution >= 4 is 11.6 Å². The summed E-state index contributed by atoms with van der Waals surface area (Å²) >= 11 is 0. The number of fused-ring (bicyclic) bond motifs is 1. The number of ether oxygens (including phenoxy) is 1. The summed E-state index contributed by atoms with van der Waals surface area (Å²) in [6.07, 6.45) is 10.0. The fourth-order valence-corrected chi connectivity index (χ4v) is 4.63. The maximum atomic E-state index is 13.6. The molecule has 0 bridgehead atoms. The second kappa shape index (κ2) is 8.14. The third-order valence-electron chi connectivity index (χ3n) is 6.73. The highest BCUT2D eigenvalue weighted by molar-refractivity contribution is 5.96. The Labute approximate surface area is 190 Å². The number of hydrogen-bond acceptors (Lipinski definition) is 4. The van der Waals surface area contributed by atoms with Gasteiger partial charge in [-0.2, -0.15) is 0 Å². The molecule has 5 rings (SSSR count). The van der Waals surface area contributed by atoms with Crippen molar-refractivity contribution in [3.05, 3.63) is 59.7 Å². The molecule has 1 saturated heterocycles. The van der Waals surface area contributed by atoms with E-state index < -0.39 is 6.43 Å². The van der Waals surface area contributed by atoms with Crippen molar-refractivity contribution in [3.8, 4) is 18.2 Å². The molecular formula is C25H24F2N4O2. The number of benzene rings is 1. The normalized spacial score (nSPS) is 21.7. The van der Waals surface area contributed by atoms with E-state index in [4.69, 9.17) is 11.2 Å². The fraction of sp³-hybridized carbons (Fsp3) is 0.400. The molecule has 33 heavy (non-hydrogen) atoms. The van der Waals surface area contributed by atoms with Crippen LogP contribution in [0.3, 0.4) is 0 Å². The van der Waals surface area contributed by atoms with Crippen molar-refractivity contribution in [2.45, 2.75) is 56.6 Å². The Hall–Kier alpha value is -3.47. The zero-order valence-corrected chi connectivity index (χ0v) is 18.2. The first-order valence-corrected chi connectivity index (χ1v) is 11.1. The van der Waals surface area contributed by atoms with Gasteiger partial charge in [0.05, 0.1) is 18.2 Å². The molecule has 0 unspecified atom stereocenters. The van der Waals surface area contributed by atoms with Crippen molar-refractivity contribution in [3.63, 3.8) is 0 Å². The highest BCUT2D eigenvalue weighted by atomic mass is 19.3. The molecule has 3 heterocycles. The van der Waals surface area contributed by atoms with E-state index >= 15 is 0 Å². The second-order valence-electron chi connectivity index (χ2n) is 8.81. The minimum absolute atomic E-state index is 0.0343. The Morgan fingerprint density at radius 1 is 1.27 bits per heavy atom. The van der Waals surface area contributed by atoms with E-state index in [0.717, 1.165) is 31.0 Å². The van der Waals surface area contributed by atoms with Crippen molar-refractivity contribution < 1.29 is 18.3 Å². The maximum absolute atomic E-state index is 13.6. The molecule has 6 nitrogen and oxygen atoms in total. The lowest BCUT2D eigenvalue weighted by molar-refractivity contribution is 0.0374. The van der Waals surface area contributed by atoms with Crippen LogP contribution in [0.25, 0.3) is 5.65 Å². The number of carbonyl (C=O) groups excluding carboxylic acids is 1. The number of hydrogen-bond donors (Lipinski definition) is 0. The van der Waals surface area contributed by atoms with Gasteiger partial charge in [0.2, 0.25) is 5.65 Å². The smallest absolute Gasteiger partial charge is 0.280 e. The van der Waals surface area contributed by atoms with E-state index in [1.54, 1.807) is 0 Å². The van der Waals surface area contributed by atoms with Gasteiger partial charge in [0, 0.05) is 24.0 Å². The van der Waals surface area contributed by atoms with Crippen LogP contribution < -0.4 is 4.74 Å². The van der Waals surface area contributed by atoms with E-state index in [1.807, 2.05) is 36.1 Å². The quantitative estimate of drug-likeness (QED) is 0.541. The van der Waals surface area contributed by atoms with Gasteiger partial charge in [0.1, 0.15) is 11.8 Å². The molecule has 1 aliphatic carbocycles. The summed E-state index contributed by atoms with van der Waals surface area (Å²) in [6.45, 7) is 2.38. The van der Waals surface area contributed by atoms with Gasteiger partial charge >= 0.3 is 0 Å². The Bertz CT molecular complexity index is 1240. The summed E-state index contributed by atoms with van der Waals surface area (Å²) in [5, 5.41) is 0. The van der Waals surface area contributed by atoms with Gasteiger partial charge in [-0.25, -0.2) is 18.7 Å². The largest absolute Gasteiger partial charge is 0.470 e. The molecule has 0 spiro atoms. The van der Waals surface area contributed by atoms with Crippen LogP contribution in [0.2, 0.25) is 0 Å². The number of carbonyl (C=O) groups is 1. The summed E-state index contributed by atoms with van der Waals surface area (Å²) in [5.74, 6) is 2.99. The number of terminal acetylenes is 1. The number of aromatic nitrogens is 3. The summed E-state index contributed by atoms with van der Waals surface area (Å²) in [5.41, 5.74) is 1.22. The minimum atomic E-state index is -2.66. The monoisotopic (exact) mass is 450 g/mol. The topological polar surface area (TPSA) is 59.7 Å². The van der Waals surface area contributed by atoms with Crippen LogP contribution in [0.4, 0.5) is 8.78 Å². The predicted octanol–water partition coefficient (Wildman–Crippen LogP) is 4.40. The molecule has 3 aromatic rings. The van der Waals surface area contributed by atoms with Crippen molar-refractivity contribution in [2.75, 3.05) is 6.54 Å². The van der Waals surface area contributed by atoms with Crippen LogP contribution in [-0.4, -0.2) is 43.9 Å². The SMILES string of the molecule is C#CC1(c2ccccc2C(=O)N2C[C@H](Oc3nccn4c(C(F)F)cnc34)CC[C@H]2C)CC1. The molecule has 2 atom stereocenters. The van der Waals surface area contributed by atoms with Gasteiger partial charge in [-0.1, -0.05) is 24.1 Å². The zero-order valence-electron chi connectivity index (χ0n) is 18.2. The Balaban J connectivity index is 1.39. The highest BCUT2D eigenvalue weighted by Gasteiger charge is 2.45. The zero-order chi connectivity index (χ0) is 23.2. The number of amides is 1. The van der Waals surface area contributed by atoms with Gasteiger partial charge in [0.25, 0.3) is 18.2 Å². The lowest BCUT2D eigenvalue weighted by Crippen LogP contribution is -2.49. The Morgan fingerprint density at radius 3 is 2.79 bits per heavy atom. The van der Waals surface area contributed by atoms with Crippen molar-refractivity contribution in [2.24, 2.45) is 0 Å². The molecule has 2 aliphatic rings. The fourth-order valence-electron chi connectivity index (χ4n) is 4.63. The van der Waals surface area contributed by atoms with Gasteiger partial charge in [-0.3, -0.25) is 9.20 Å². The molecule has 1 aliphatic heterocycles. The van der Waals surface area contributed by atoms with Crippen LogP contribution in [0.1, 0.15) is 60.6 Å². The molecule has 1 saturated carbocycles. The highest BCUT2D eigenvalue weighted by Crippen LogP contribution is 2.49. The summed E-state index contributed by atoms with van der Waals surface area (Å²) in [6, 6.07) is 7.60. The van der Waals surface area contributed by atoms with E-state index in [0.29, 0.717) is 18.5 Å². The first kappa shape index (κ1) is 21.4. The van der Waals surface area contributed by atoms with Gasteiger partial charge in [-0.05, 0) is 44.2 Å². The van der Waals surface area contributed by atoms with Crippen molar-refractivity contribution in [1.29, 1.82) is 0 Å². The van der Waals surface area contributed by atoms with Crippen LogP contribution in [0, 0.1) is 12.3 Å². The van der Waals surface area contributed by atoms with Gasteiger partial charge in [-0.15, -0.1) is 6.42 Å². The number of rotatable bonds is 5. The molecule has 2 aromatic heterocycles. The number of nitrogens with zero attached hydrogens (tertiary/aromatic N) is 4. The number of likely N-dealkylation sites (tertiary alicyclic amines) is 1. The Morgan fingerprint density at radius 2 is 2.06 bits per heavy atom. The van der Waals surface area contributed by atoms with Gasteiger partial charge in [0.15, 0.2) is 0 Å². The summed E-state index contributed by atoms with van der Waals surface area (Å²) in [7, 11) is 0. The van der Waals surface area contributed by atoms with Crippen LogP contribution in [-0.2, 0) is 5.41 Å². The molecule has 170 valence electrons. The molecular weight excluding hydrogens is 426 g/mol. The van der Waals surface area contributed by atoms with E-state index in [9.17, 15) is 13.6 Å². The van der Waals surface area contributed by atoms with E-state index in [-0.39, 0.29) is 40.7 Å². The number of piperidine rings is 1. The average molecular weight is 450 g/mol. The number of alkyl halides is 2. The lowest BCUT2D eigenvalue weighted by atomic mass is 9.90. The molecule has 2 fully saturated rings. The molecule has 0 N–H and O–H groups in total. The average Bonchev–Trinajstić information content (AvgIpc) is 3.50. The van der Waals surface area contributed by atoms with Crippen LogP contribution >= 0.6 is 0 Å². The number of halogens is 2. The standard InChI is InChI=1S/C25H24F2N4O2/c1-3-25(10-11-25)19-7-5-4-6-18(19)24(32)31-15-17(9-8-16(31)2)33-23-22-29-14-20(21(26)27)30(22)13-12-28-23/h1,4-7,12-14,16-17,21H,8-11,15H2,2H3/t16-,17-/m1/s1. The first-order chi connectivity index (χ1) is 15.9. The third-order valence-corrected chi connectivity index (χ3v) is 6.73. The Kier molecular flexibility index (Phi) is 5.28. The van der Waals surface area contributed by atoms with Crippen molar-refractivity contribution in [1.82, 2.24) is 19.3 Å². The van der Waals surface area contributed by atoms with E-state index in [2.05, 4.69) is 15.9 Å². The lowest BCUT2D eigenvalue weighted by Gasteiger charge is -2.38.